The van der Waals surface area contributed by atoms with E-state index in [0.29, 0.717) is 5.56 Å². The summed E-state index contributed by atoms with van der Waals surface area (Å²) in [6.45, 7) is 0.122. The number of amides is 7. The summed E-state index contributed by atoms with van der Waals surface area (Å²) >= 11 is 0. The predicted octanol–water partition coefficient (Wildman–Crippen LogP) is -2.96. The summed E-state index contributed by atoms with van der Waals surface area (Å²) in [7, 11) is 9.99. The smallest absolute Gasteiger partial charge is 0.306 e. The quantitative estimate of drug-likeness (QED) is 0.0169. The monoisotopic (exact) mass is 1550 g/mol. The lowest BCUT2D eigenvalue weighted by molar-refractivity contribution is -0.142. The van der Waals surface area contributed by atoms with Crippen molar-refractivity contribution in [1.29, 1.82) is 0 Å². The van der Waals surface area contributed by atoms with Gasteiger partial charge in [-0.25, -0.2) is 0 Å². The number of esters is 8. The standard InChI is InChI=1S/C73H112N14O23/c1-103-65(94)15-30-81(31-16-66(95)104-2)38-23-74-59(88)48-85(49-60(89)75-24-39-82(32-17-67(96)105-3)33-18-68(97)106-4)42-27-78-63(92)52-87(44-29-80-73(102)57-14-13-56-45-54-11-9-10-12-55(54)46-58(56)47-57)53-64(93)79-28-43-86(50-61(90)76-25-40-83(34-19-69(98)107-5)35-20-70(99)108-6)51-62(91)77-26-41-84(36-21-71(100)109-7)37-22-72(101)110-8/h9-14,45-47H,15-44,48-53H2,1-8H3,(H,74,88)(H,75,89)(H,76,90)(H,77,91)(H,78,92)(H,79,93)(H,80,102). The average Bonchev–Trinajstić information content (AvgIpc) is 0.796. The molecule has 37 heteroatoms. The van der Waals surface area contributed by atoms with Crippen molar-refractivity contribution < 1.29 is 110 Å². The van der Waals surface area contributed by atoms with E-state index < -0.39 is 102 Å². The number of hydrogen-bond donors (Lipinski definition) is 7. The number of benzene rings is 3. The van der Waals surface area contributed by atoms with E-state index in [9.17, 15) is 71.9 Å². The van der Waals surface area contributed by atoms with Crippen molar-refractivity contribution in [2.45, 2.75) is 51.4 Å². The minimum Gasteiger partial charge on any atom is -0.469 e. The fourth-order valence-corrected chi connectivity index (χ4v) is 11.0. The molecule has 7 N–H and O–H groups in total. The van der Waals surface area contributed by atoms with Crippen LogP contribution in [0.25, 0.3) is 21.5 Å². The lowest BCUT2D eigenvalue weighted by atomic mass is 10.0. The topological polar surface area (TPSA) is 437 Å². The Bertz CT molecular complexity index is 3100. The first-order chi connectivity index (χ1) is 52.8. The summed E-state index contributed by atoms with van der Waals surface area (Å²) in [6.07, 6.45) is 0.0808. The molecule has 612 valence electrons. The Morgan fingerprint density at radius 2 is 0.436 bits per heavy atom. The maximum atomic E-state index is 14.1. The molecule has 0 atom stereocenters. The largest absolute Gasteiger partial charge is 0.469 e. The second-order valence-corrected chi connectivity index (χ2v) is 25.2. The van der Waals surface area contributed by atoms with Crippen LogP contribution in [-0.4, -0.2) is 364 Å². The third-order valence-corrected chi connectivity index (χ3v) is 17.3. The van der Waals surface area contributed by atoms with Crippen molar-refractivity contribution in [3.63, 3.8) is 0 Å². The molecule has 0 bridgehead atoms. The van der Waals surface area contributed by atoms with Gasteiger partial charge in [-0.15, -0.1) is 0 Å². The van der Waals surface area contributed by atoms with Gasteiger partial charge in [0, 0.05) is 150 Å². The fraction of sp³-hybridized carbons (Fsp3) is 0.603. The highest BCUT2D eigenvalue weighted by molar-refractivity contribution is 6.03. The van der Waals surface area contributed by atoms with Crippen LogP contribution in [0.1, 0.15) is 61.7 Å². The third-order valence-electron chi connectivity index (χ3n) is 17.3. The van der Waals surface area contributed by atoms with Gasteiger partial charge < -0.3 is 94.7 Å². The Morgan fingerprint density at radius 1 is 0.236 bits per heavy atom. The zero-order valence-corrected chi connectivity index (χ0v) is 64.7. The molecule has 0 aliphatic heterocycles. The lowest BCUT2D eigenvalue weighted by Gasteiger charge is -2.25. The summed E-state index contributed by atoms with van der Waals surface area (Å²) in [4.78, 5) is 204. The van der Waals surface area contributed by atoms with Crippen LogP contribution in [-0.2, 0) is 105 Å². The summed E-state index contributed by atoms with van der Waals surface area (Å²) in [5, 5.41) is 23.5. The second-order valence-electron chi connectivity index (χ2n) is 25.2. The number of nitrogens with one attached hydrogen (secondary N) is 7. The highest BCUT2D eigenvalue weighted by atomic mass is 16.5. The molecule has 7 amide bonds. The van der Waals surface area contributed by atoms with Crippen molar-refractivity contribution in [2.75, 3.05) is 240 Å². The van der Waals surface area contributed by atoms with Crippen molar-refractivity contribution in [3.05, 3.63) is 60.2 Å². The molecule has 0 aliphatic rings. The Kier molecular flexibility index (Phi) is 47.4. The van der Waals surface area contributed by atoms with Crippen LogP contribution in [0.15, 0.2) is 54.6 Å². The van der Waals surface area contributed by atoms with Crippen molar-refractivity contribution in [3.8, 4) is 0 Å². The number of nitrogens with zero attached hydrogens (tertiary/aromatic N) is 7. The molecule has 0 fully saturated rings. The molecule has 0 unspecified atom stereocenters. The van der Waals surface area contributed by atoms with Crippen molar-refractivity contribution >= 4 is 111 Å². The van der Waals surface area contributed by atoms with Crippen molar-refractivity contribution in [2.24, 2.45) is 0 Å². The van der Waals surface area contributed by atoms with Crippen LogP contribution >= 0.6 is 0 Å². The van der Waals surface area contributed by atoms with E-state index in [4.69, 9.17) is 37.9 Å². The van der Waals surface area contributed by atoms with Crippen molar-refractivity contribution in [1.82, 2.24) is 71.5 Å². The predicted molar refractivity (Wildman–Crippen MR) is 400 cm³/mol. The van der Waals surface area contributed by atoms with E-state index in [0.717, 1.165) is 21.5 Å². The molecule has 3 aromatic carbocycles. The molecule has 3 aromatic rings. The van der Waals surface area contributed by atoms with Crippen LogP contribution < -0.4 is 37.2 Å². The average molecular weight is 1550 g/mol. The van der Waals surface area contributed by atoms with Gasteiger partial charge in [-0.1, -0.05) is 30.3 Å². The maximum absolute atomic E-state index is 14.1. The molecular weight excluding hydrogens is 1440 g/mol. The van der Waals surface area contributed by atoms with E-state index >= 15 is 0 Å². The van der Waals surface area contributed by atoms with E-state index in [1.807, 2.05) is 42.5 Å². The number of rotatable bonds is 58. The van der Waals surface area contributed by atoms with Crippen LogP contribution in [0.3, 0.4) is 0 Å². The Morgan fingerprint density at radius 3 is 0.664 bits per heavy atom. The Hall–Kier alpha value is -10.0. The van der Waals surface area contributed by atoms with E-state index in [2.05, 4.69) is 37.2 Å². The van der Waals surface area contributed by atoms with Crippen LogP contribution in [0.4, 0.5) is 0 Å². The summed E-state index contributed by atoms with van der Waals surface area (Å²) in [5.74, 6) is -7.50. The van der Waals surface area contributed by atoms with Crippen LogP contribution in [0.5, 0.6) is 0 Å². The van der Waals surface area contributed by atoms with Gasteiger partial charge in [-0.05, 0) is 45.8 Å². The molecule has 0 aromatic heterocycles. The van der Waals surface area contributed by atoms with Crippen LogP contribution in [0, 0.1) is 0 Å². The number of fused-ring (bicyclic) bond motifs is 2. The van der Waals surface area contributed by atoms with Gasteiger partial charge in [-0.2, -0.15) is 0 Å². The minimum absolute atomic E-state index is 0.0101. The van der Waals surface area contributed by atoms with Gasteiger partial charge in [0.2, 0.25) is 35.4 Å². The summed E-state index contributed by atoms with van der Waals surface area (Å²) < 4.78 is 38.2. The molecule has 0 saturated heterocycles. The number of hydrogen-bond acceptors (Lipinski definition) is 30. The molecule has 37 nitrogen and oxygen atoms in total. The molecular formula is C73H112N14O23. The third kappa shape index (κ3) is 42.1. The molecule has 110 heavy (non-hydrogen) atoms. The fourth-order valence-electron chi connectivity index (χ4n) is 11.0. The first-order valence-electron chi connectivity index (χ1n) is 36.2. The summed E-state index contributed by atoms with van der Waals surface area (Å²) in [6, 6.07) is 17.1. The number of methoxy groups -OCH3 is 8. The molecule has 0 aliphatic carbocycles. The first-order valence-corrected chi connectivity index (χ1v) is 36.2. The van der Waals surface area contributed by atoms with Gasteiger partial charge in [0.25, 0.3) is 5.91 Å². The Labute approximate surface area is 641 Å². The van der Waals surface area contributed by atoms with Gasteiger partial charge in [-0.3, -0.25) is 86.6 Å². The highest BCUT2D eigenvalue weighted by Gasteiger charge is 2.23. The first kappa shape index (κ1) is 94.2. The van der Waals surface area contributed by atoms with Gasteiger partial charge in [0.15, 0.2) is 0 Å². The summed E-state index contributed by atoms with van der Waals surface area (Å²) in [5.41, 5.74) is 0.358. The lowest BCUT2D eigenvalue weighted by Crippen LogP contribution is -2.49. The highest BCUT2D eigenvalue weighted by Crippen LogP contribution is 2.24. The maximum Gasteiger partial charge on any atom is 0.306 e. The van der Waals surface area contributed by atoms with Gasteiger partial charge in [0.1, 0.15) is 0 Å². The normalized spacial score (nSPS) is 11.2. The van der Waals surface area contributed by atoms with E-state index in [1.165, 1.54) is 71.6 Å². The second kappa shape index (κ2) is 55.4. The van der Waals surface area contributed by atoms with E-state index in [-0.39, 0.29) is 222 Å². The molecule has 0 heterocycles. The number of ether oxygens (including phenoxy) is 8. The number of carbonyl (C=O) groups excluding carboxylic acids is 15. The van der Waals surface area contributed by atoms with E-state index in [1.54, 1.807) is 31.7 Å². The molecule has 0 spiro atoms. The van der Waals surface area contributed by atoms with Gasteiger partial charge in [0.05, 0.1) is 148 Å². The van der Waals surface area contributed by atoms with Crippen LogP contribution in [0.2, 0.25) is 0 Å². The zero-order valence-electron chi connectivity index (χ0n) is 64.7. The van der Waals surface area contributed by atoms with Gasteiger partial charge >= 0.3 is 47.8 Å². The molecule has 3 rings (SSSR count). The number of carbonyl (C=O) groups is 15. The SMILES string of the molecule is COC(=O)CCN(CCNC(=O)CN(CCNC(=O)CN(CCNC(=O)c1ccc2cc3ccccc3cc2c1)CC(=O)NCCN(CC(=O)NCCN(CCC(=O)OC)CCC(=O)OC)CC(=O)NCCN(CCC(=O)OC)CCC(=O)OC)CC(=O)NCCN(CCC(=O)OC)CCC(=O)OC)CCC(=O)OC. The Balaban J connectivity index is 1.88. The molecule has 0 radical (unpaired) electrons. The minimum atomic E-state index is -0.592. The molecule has 0 saturated carbocycles. The zero-order chi connectivity index (χ0) is 81.0.